The van der Waals surface area contributed by atoms with Crippen molar-refractivity contribution in [2.75, 3.05) is 0 Å². The molecule has 0 aliphatic heterocycles. The third-order valence-electron chi connectivity index (χ3n) is 2.51. The number of benzene rings is 2. The summed E-state index contributed by atoms with van der Waals surface area (Å²) >= 11 is 0. The number of carbonyl (C=O) groups is 2. The second-order valence-electron chi connectivity index (χ2n) is 3.76. The molecule has 2 nitrogen and oxygen atoms in total. The minimum absolute atomic E-state index is 0. The molecular formula is C15H12CuO2+2. The Morgan fingerprint density at radius 2 is 1.00 bits per heavy atom. The zero-order chi connectivity index (χ0) is 12.1. The van der Waals surface area contributed by atoms with Gasteiger partial charge in [0.1, 0.15) is 0 Å². The number of ketones is 2. The SMILES string of the molecule is O=C(CC(=O)c1ccccc1)c1ccccc1.[Cu+2]. The fraction of sp³-hybridized carbons (Fsp3) is 0.0667. The summed E-state index contributed by atoms with van der Waals surface area (Å²) in [6.07, 6.45) is -0.0754. The molecule has 0 amide bonds. The molecule has 0 unspecified atom stereocenters. The molecule has 3 heteroatoms. The van der Waals surface area contributed by atoms with Gasteiger partial charge in [-0.15, -0.1) is 0 Å². The second-order valence-corrected chi connectivity index (χ2v) is 3.76. The van der Waals surface area contributed by atoms with Crippen molar-refractivity contribution in [3.05, 3.63) is 71.8 Å². The van der Waals surface area contributed by atoms with E-state index in [2.05, 4.69) is 0 Å². The standard InChI is InChI=1S/C15H12O2.Cu/c16-14(12-7-3-1-4-8-12)11-15(17)13-9-5-2-6-10-13;/h1-10H,11H2;/q;+2. The Labute approximate surface area is 117 Å². The topological polar surface area (TPSA) is 34.1 Å². The van der Waals surface area contributed by atoms with Gasteiger partial charge in [0.05, 0.1) is 6.42 Å². The van der Waals surface area contributed by atoms with Crippen molar-refractivity contribution in [1.82, 2.24) is 0 Å². The van der Waals surface area contributed by atoms with Gasteiger partial charge in [0, 0.05) is 11.1 Å². The smallest absolute Gasteiger partial charge is 0.294 e. The molecule has 0 fully saturated rings. The van der Waals surface area contributed by atoms with E-state index >= 15 is 0 Å². The van der Waals surface area contributed by atoms with E-state index in [-0.39, 0.29) is 35.1 Å². The molecule has 0 N–H and O–H groups in total. The molecule has 0 heterocycles. The molecule has 0 atom stereocenters. The van der Waals surface area contributed by atoms with Crippen LogP contribution in [-0.4, -0.2) is 11.6 Å². The Bertz CT molecular complexity index is 471. The Morgan fingerprint density at radius 3 is 1.33 bits per heavy atom. The minimum Gasteiger partial charge on any atom is -0.294 e. The predicted octanol–water partition coefficient (Wildman–Crippen LogP) is 3.14. The van der Waals surface area contributed by atoms with Crippen LogP contribution >= 0.6 is 0 Å². The van der Waals surface area contributed by atoms with Crippen LogP contribution in [0.15, 0.2) is 60.7 Å². The largest absolute Gasteiger partial charge is 2.00 e. The van der Waals surface area contributed by atoms with Gasteiger partial charge in [-0.3, -0.25) is 9.59 Å². The maximum absolute atomic E-state index is 11.8. The number of rotatable bonds is 4. The van der Waals surface area contributed by atoms with E-state index in [1.807, 2.05) is 12.1 Å². The molecule has 18 heavy (non-hydrogen) atoms. The number of hydrogen-bond donors (Lipinski definition) is 0. The van der Waals surface area contributed by atoms with E-state index in [0.717, 1.165) is 0 Å². The number of Topliss-reactive ketones (excluding diaryl/α,β-unsaturated/α-hetero) is 2. The summed E-state index contributed by atoms with van der Waals surface area (Å²) in [4.78, 5) is 23.6. The fourth-order valence-electron chi connectivity index (χ4n) is 1.60. The number of hydrogen-bond acceptors (Lipinski definition) is 2. The first-order valence-corrected chi connectivity index (χ1v) is 5.44. The Balaban J connectivity index is 0.00000162. The average Bonchev–Trinajstić information content (AvgIpc) is 2.40. The van der Waals surface area contributed by atoms with Gasteiger partial charge < -0.3 is 0 Å². The summed E-state index contributed by atoms with van der Waals surface area (Å²) in [5.74, 6) is -0.279. The van der Waals surface area contributed by atoms with E-state index < -0.39 is 0 Å². The van der Waals surface area contributed by atoms with Gasteiger partial charge in [-0.25, -0.2) is 0 Å². The van der Waals surface area contributed by atoms with Crippen LogP contribution in [0.4, 0.5) is 0 Å². The van der Waals surface area contributed by atoms with Crippen molar-refractivity contribution in [2.24, 2.45) is 0 Å². The quantitative estimate of drug-likeness (QED) is 0.492. The minimum atomic E-state index is -0.139. The van der Waals surface area contributed by atoms with Crippen LogP contribution in [0.1, 0.15) is 27.1 Å². The van der Waals surface area contributed by atoms with Crippen molar-refractivity contribution in [1.29, 1.82) is 0 Å². The van der Waals surface area contributed by atoms with Gasteiger partial charge in [0.2, 0.25) is 0 Å². The zero-order valence-corrected chi connectivity index (χ0v) is 10.5. The van der Waals surface area contributed by atoms with E-state index in [1.165, 1.54) is 0 Å². The van der Waals surface area contributed by atoms with Crippen molar-refractivity contribution in [2.45, 2.75) is 6.42 Å². The summed E-state index contributed by atoms with van der Waals surface area (Å²) in [5.41, 5.74) is 1.16. The molecule has 0 aliphatic rings. The van der Waals surface area contributed by atoms with Crippen LogP contribution in [0.5, 0.6) is 0 Å². The Kier molecular flexibility index (Phi) is 5.50. The van der Waals surface area contributed by atoms with Crippen LogP contribution in [0.3, 0.4) is 0 Å². The molecule has 0 spiro atoms. The maximum atomic E-state index is 11.8. The monoisotopic (exact) mass is 287 g/mol. The third-order valence-corrected chi connectivity index (χ3v) is 2.51. The first-order valence-electron chi connectivity index (χ1n) is 5.44. The Morgan fingerprint density at radius 1 is 0.667 bits per heavy atom. The molecule has 2 aromatic rings. The number of carbonyl (C=O) groups excluding carboxylic acids is 2. The summed E-state index contributed by atoms with van der Waals surface area (Å²) in [7, 11) is 0. The van der Waals surface area contributed by atoms with Gasteiger partial charge in [0.25, 0.3) is 0 Å². The van der Waals surface area contributed by atoms with Crippen LogP contribution in [0.25, 0.3) is 0 Å². The van der Waals surface area contributed by atoms with Gasteiger partial charge in [-0.1, -0.05) is 60.7 Å². The third kappa shape index (κ3) is 3.66. The molecule has 0 bridgehead atoms. The molecule has 0 saturated carbocycles. The summed E-state index contributed by atoms with van der Waals surface area (Å²) in [6.45, 7) is 0. The van der Waals surface area contributed by atoms with Crippen LogP contribution in [0, 0.1) is 0 Å². The van der Waals surface area contributed by atoms with E-state index in [1.54, 1.807) is 48.5 Å². The van der Waals surface area contributed by atoms with Gasteiger partial charge in [0.15, 0.2) is 11.6 Å². The van der Waals surface area contributed by atoms with E-state index in [0.29, 0.717) is 11.1 Å². The molecule has 2 rings (SSSR count). The molecule has 0 saturated heterocycles. The predicted molar refractivity (Wildman–Crippen MR) is 66.2 cm³/mol. The molecule has 2 aromatic carbocycles. The average molecular weight is 288 g/mol. The van der Waals surface area contributed by atoms with Crippen molar-refractivity contribution >= 4 is 11.6 Å². The van der Waals surface area contributed by atoms with Crippen molar-refractivity contribution < 1.29 is 26.7 Å². The van der Waals surface area contributed by atoms with Crippen LogP contribution < -0.4 is 0 Å². The molecule has 0 aromatic heterocycles. The van der Waals surface area contributed by atoms with Crippen molar-refractivity contribution in [3.8, 4) is 0 Å². The van der Waals surface area contributed by atoms with Gasteiger partial charge in [-0.2, -0.15) is 0 Å². The zero-order valence-electron chi connectivity index (χ0n) is 9.60. The summed E-state index contributed by atoms with van der Waals surface area (Å²) < 4.78 is 0. The summed E-state index contributed by atoms with van der Waals surface area (Å²) in [6, 6.07) is 17.7. The van der Waals surface area contributed by atoms with Crippen LogP contribution in [0.2, 0.25) is 0 Å². The molecule has 93 valence electrons. The fourth-order valence-corrected chi connectivity index (χ4v) is 1.60. The molecule has 0 aliphatic carbocycles. The first kappa shape index (κ1) is 14.4. The molecular weight excluding hydrogens is 276 g/mol. The van der Waals surface area contributed by atoms with Crippen LogP contribution in [-0.2, 0) is 17.1 Å². The molecule has 1 radical (unpaired) electrons. The van der Waals surface area contributed by atoms with Gasteiger partial charge >= 0.3 is 17.1 Å². The summed E-state index contributed by atoms with van der Waals surface area (Å²) in [5, 5.41) is 0. The Hall–Kier alpha value is -1.70. The first-order chi connectivity index (χ1) is 8.27. The van der Waals surface area contributed by atoms with E-state index in [4.69, 9.17) is 0 Å². The van der Waals surface area contributed by atoms with Gasteiger partial charge in [-0.05, 0) is 0 Å². The second kappa shape index (κ2) is 6.90. The normalized spacial score (nSPS) is 9.33. The van der Waals surface area contributed by atoms with E-state index in [9.17, 15) is 9.59 Å². The maximum Gasteiger partial charge on any atom is 2.00 e. The van der Waals surface area contributed by atoms with Crippen molar-refractivity contribution in [3.63, 3.8) is 0 Å².